The number of ketones is 1. The predicted molar refractivity (Wildman–Crippen MR) is 104 cm³/mol. The lowest BCUT2D eigenvalue weighted by Gasteiger charge is -2.33. The van der Waals surface area contributed by atoms with E-state index in [0.29, 0.717) is 36.7 Å². The summed E-state index contributed by atoms with van der Waals surface area (Å²) >= 11 is 0. The summed E-state index contributed by atoms with van der Waals surface area (Å²) < 4.78 is 10.3. The van der Waals surface area contributed by atoms with E-state index in [1.807, 2.05) is 6.92 Å². The predicted octanol–water partition coefficient (Wildman–Crippen LogP) is 2.31. The van der Waals surface area contributed by atoms with Crippen molar-refractivity contribution in [2.45, 2.75) is 45.1 Å². The molecule has 0 radical (unpaired) electrons. The molecule has 8 nitrogen and oxygen atoms in total. The number of carbonyl (C=O) groups excluding carboxylic acids is 4. The fourth-order valence-corrected chi connectivity index (χ4v) is 3.72. The van der Waals surface area contributed by atoms with Crippen LogP contribution in [0.3, 0.4) is 0 Å². The van der Waals surface area contributed by atoms with E-state index in [2.05, 4.69) is 12.2 Å². The van der Waals surface area contributed by atoms with Crippen LogP contribution in [0.15, 0.2) is 24.3 Å². The Hall–Kier alpha value is -2.90. The van der Waals surface area contributed by atoms with Gasteiger partial charge in [0, 0.05) is 5.56 Å². The first kappa shape index (κ1) is 20.8. The minimum Gasteiger partial charge on any atom is -0.494 e. The quantitative estimate of drug-likeness (QED) is 0.427. The number of amides is 3. The molecule has 0 aromatic heterocycles. The van der Waals surface area contributed by atoms with Crippen molar-refractivity contribution in [1.82, 2.24) is 10.2 Å². The number of benzene rings is 1. The molecule has 1 spiro atoms. The van der Waals surface area contributed by atoms with Crippen LogP contribution in [-0.2, 0) is 14.3 Å². The van der Waals surface area contributed by atoms with E-state index >= 15 is 0 Å². The molecular weight excluding hydrogens is 376 g/mol. The zero-order valence-electron chi connectivity index (χ0n) is 16.7. The molecule has 1 aliphatic heterocycles. The summed E-state index contributed by atoms with van der Waals surface area (Å²) in [4.78, 5) is 50.2. The summed E-state index contributed by atoms with van der Waals surface area (Å²) in [5, 5.41) is 2.75. The first-order valence-corrected chi connectivity index (χ1v) is 9.90. The van der Waals surface area contributed by atoms with Crippen LogP contribution >= 0.6 is 0 Å². The summed E-state index contributed by atoms with van der Waals surface area (Å²) in [5.41, 5.74) is -0.520. The second-order valence-electron chi connectivity index (χ2n) is 7.63. The number of hydrogen-bond donors (Lipinski definition) is 1. The smallest absolute Gasteiger partial charge is 0.326 e. The van der Waals surface area contributed by atoms with Gasteiger partial charge in [0.1, 0.15) is 17.8 Å². The number of nitrogens with one attached hydrogen (secondary N) is 1. The van der Waals surface area contributed by atoms with E-state index in [0.717, 1.165) is 17.7 Å². The van der Waals surface area contributed by atoms with E-state index in [1.54, 1.807) is 24.3 Å². The molecule has 0 atom stereocenters. The van der Waals surface area contributed by atoms with Gasteiger partial charge in [-0.2, -0.15) is 0 Å². The Labute approximate surface area is 169 Å². The number of hydrogen-bond acceptors (Lipinski definition) is 6. The molecular formula is C21H26N2O6. The summed E-state index contributed by atoms with van der Waals surface area (Å²) in [7, 11) is 0. The Morgan fingerprint density at radius 3 is 2.45 bits per heavy atom. The van der Waals surface area contributed by atoms with Gasteiger partial charge >= 0.3 is 12.0 Å². The summed E-state index contributed by atoms with van der Waals surface area (Å²) in [6, 6.07) is 5.92. The average Bonchev–Trinajstić information content (AvgIpc) is 2.93. The number of imide groups is 1. The van der Waals surface area contributed by atoms with Crippen molar-refractivity contribution < 1.29 is 28.7 Å². The van der Waals surface area contributed by atoms with Crippen molar-refractivity contribution in [3.05, 3.63) is 29.8 Å². The molecule has 0 unspecified atom stereocenters. The number of rotatable bonds is 7. The van der Waals surface area contributed by atoms with Crippen LogP contribution in [-0.4, -0.2) is 53.9 Å². The maximum atomic E-state index is 12.7. The van der Waals surface area contributed by atoms with E-state index in [-0.39, 0.29) is 11.7 Å². The highest BCUT2D eigenvalue weighted by molar-refractivity contribution is 6.09. The van der Waals surface area contributed by atoms with Gasteiger partial charge in [-0.05, 0) is 62.8 Å². The third-order valence-electron chi connectivity index (χ3n) is 5.51. The normalized spacial score (nSPS) is 23.8. The van der Waals surface area contributed by atoms with Gasteiger partial charge in [0.05, 0.1) is 6.61 Å². The van der Waals surface area contributed by atoms with Crippen molar-refractivity contribution in [2.75, 3.05) is 19.8 Å². The molecule has 3 rings (SSSR count). The molecule has 1 aromatic rings. The Balaban J connectivity index is 1.52. The van der Waals surface area contributed by atoms with Gasteiger partial charge < -0.3 is 14.8 Å². The molecule has 1 aromatic carbocycles. The van der Waals surface area contributed by atoms with E-state index < -0.39 is 30.7 Å². The highest BCUT2D eigenvalue weighted by Gasteiger charge is 2.52. The Morgan fingerprint density at radius 1 is 1.17 bits per heavy atom. The number of carbonyl (C=O) groups is 4. The van der Waals surface area contributed by atoms with Gasteiger partial charge in [-0.15, -0.1) is 0 Å². The first-order valence-electron chi connectivity index (χ1n) is 9.90. The molecule has 2 fully saturated rings. The van der Waals surface area contributed by atoms with Gasteiger partial charge in [-0.3, -0.25) is 19.3 Å². The Morgan fingerprint density at radius 2 is 1.83 bits per heavy atom. The second-order valence-corrected chi connectivity index (χ2v) is 7.63. The summed E-state index contributed by atoms with van der Waals surface area (Å²) in [6.07, 6.45) is 2.84. The lowest BCUT2D eigenvalue weighted by molar-refractivity contribution is -0.147. The third kappa shape index (κ3) is 4.58. The highest BCUT2D eigenvalue weighted by atomic mass is 16.5. The van der Waals surface area contributed by atoms with Gasteiger partial charge in [0.15, 0.2) is 12.4 Å². The fraction of sp³-hybridized carbons (Fsp3) is 0.524. The molecule has 1 aliphatic carbocycles. The van der Waals surface area contributed by atoms with Crippen molar-refractivity contribution in [2.24, 2.45) is 5.92 Å². The molecule has 1 N–H and O–H groups in total. The van der Waals surface area contributed by atoms with Crippen molar-refractivity contribution in [3.8, 4) is 5.75 Å². The molecule has 3 amide bonds. The van der Waals surface area contributed by atoms with Gasteiger partial charge in [-0.1, -0.05) is 6.92 Å². The van der Waals surface area contributed by atoms with Crippen LogP contribution in [0.25, 0.3) is 0 Å². The van der Waals surface area contributed by atoms with Crippen LogP contribution in [0.1, 0.15) is 49.9 Å². The molecule has 1 heterocycles. The number of Topliss-reactive ketones (excluding diaryl/α,β-unsaturated/α-hetero) is 1. The van der Waals surface area contributed by atoms with Crippen molar-refractivity contribution in [1.29, 1.82) is 0 Å². The largest absolute Gasteiger partial charge is 0.494 e. The lowest BCUT2D eigenvalue weighted by atomic mass is 9.77. The zero-order valence-corrected chi connectivity index (χ0v) is 16.7. The molecule has 0 bridgehead atoms. The SMILES string of the molecule is CCOc1ccc(C(=O)COC(=O)CN2C(=O)NC3(CCC(C)CC3)C2=O)cc1. The summed E-state index contributed by atoms with van der Waals surface area (Å²) in [6.45, 7) is 3.54. The standard InChI is InChI=1S/C21H26N2O6/c1-3-28-16-6-4-15(5-7-16)17(24)13-29-18(25)12-23-19(26)21(22-20(23)27)10-8-14(2)9-11-21/h4-7,14H,3,8-13H2,1-2H3,(H,22,27). The maximum absolute atomic E-state index is 12.7. The van der Waals surface area contributed by atoms with Crippen LogP contribution in [0.2, 0.25) is 0 Å². The van der Waals surface area contributed by atoms with E-state index in [1.165, 1.54) is 0 Å². The van der Waals surface area contributed by atoms with Crippen molar-refractivity contribution in [3.63, 3.8) is 0 Å². The fourth-order valence-electron chi connectivity index (χ4n) is 3.72. The number of urea groups is 1. The van der Waals surface area contributed by atoms with Gasteiger partial charge in [-0.25, -0.2) is 4.79 Å². The Kier molecular flexibility index (Phi) is 6.20. The number of nitrogens with zero attached hydrogens (tertiary/aromatic N) is 1. The molecule has 8 heteroatoms. The highest BCUT2D eigenvalue weighted by Crippen LogP contribution is 2.36. The molecule has 156 valence electrons. The van der Waals surface area contributed by atoms with E-state index in [9.17, 15) is 19.2 Å². The number of esters is 1. The molecule has 1 saturated heterocycles. The van der Waals surface area contributed by atoms with Crippen molar-refractivity contribution >= 4 is 23.7 Å². The number of ether oxygens (including phenoxy) is 2. The second kappa shape index (κ2) is 8.63. The summed E-state index contributed by atoms with van der Waals surface area (Å²) in [5.74, 6) is -0.405. The topological polar surface area (TPSA) is 102 Å². The van der Waals surface area contributed by atoms with Gasteiger partial charge in [0.25, 0.3) is 5.91 Å². The van der Waals surface area contributed by atoms with Crippen LogP contribution in [0.5, 0.6) is 5.75 Å². The average molecular weight is 402 g/mol. The van der Waals surface area contributed by atoms with Crippen LogP contribution in [0, 0.1) is 5.92 Å². The third-order valence-corrected chi connectivity index (χ3v) is 5.51. The van der Waals surface area contributed by atoms with Crippen LogP contribution < -0.4 is 10.1 Å². The van der Waals surface area contributed by atoms with Gasteiger partial charge in [0.2, 0.25) is 0 Å². The van der Waals surface area contributed by atoms with E-state index in [4.69, 9.17) is 9.47 Å². The lowest BCUT2D eigenvalue weighted by Crippen LogP contribution is -2.49. The molecule has 1 saturated carbocycles. The monoisotopic (exact) mass is 402 g/mol. The maximum Gasteiger partial charge on any atom is 0.326 e. The Bertz CT molecular complexity index is 796. The zero-order chi connectivity index (χ0) is 21.0. The minimum atomic E-state index is -0.901. The first-order chi connectivity index (χ1) is 13.8. The minimum absolute atomic E-state index is 0.378. The van der Waals surface area contributed by atoms with Crippen LogP contribution in [0.4, 0.5) is 4.79 Å². The molecule has 29 heavy (non-hydrogen) atoms. The molecule has 2 aliphatic rings.